The van der Waals surface area contributed by atoms with E-state index in [4.69, 9.17) is 0 Å². The molecular weight excluding hydrogens is 431 g/mol. The molecule has 34 heavy (non-hydrogen) atoms. The Morgan fingerprint density at radius 2 is 1.59 bits per heavy atom. The second kappa shape index (κ2) is 9.39. The van der Waals surface area contributed by atoms with Gasteiger partial charge in [0.25, 0.3) is 11.8 Å². The van der Waals surface area contributed by atoms with Gasteiger partial charge < -0.3 is 19.5 Å². The first-order valence-electron chi connectivity index (χ1n) is 11.3. The molecule has 172 valence electrons. The lowest BCUT2D eigenvalue weighted by Crippen LogP contribution is -2.49. The van der Waals surface area contributed by atoms with Gasteiger partial charge in [-0.1, -0.05) is 30.3 Å². The fraction of sp³-hybridized carbons (Fsp3) is 0.185. The van der Waals surface area contributed by atoms with Crippen LogP contribution in [0.2, 0.25) is 0 Å². The van der Waals surface area contributed by atoms with Crippen molar-refractivity contribution in [2.75, 3.05) is 31.1 Å². The van der Waals surface area contributed by atoms with Crippen molar-refractivity contribution in [2.24, 2.45) is 0 Å². The predicted octanol–water partition coefficient (Wildman–Crippen LogP) is 3.97. The Morgan fingerprint density at radius 3 is 2.35 bits per heavy atom. The highest BCUT2D eigenvalue weighted by molar-refractivity contribution is 5.95. The number of anilines is 1. The number of nitrogens with one attached hydrogen (secondary N) is 1. The summed E-state index contributed by atoms with van der Waals surface area (Å²) in [5.41, 5.74) is 2.93. The number of aromatic nitrogens is 1. The maximum absolute atomic E-state index is 13.4. The molecule has 5 rings (SSSR count). The average molecular weight is 457 g/mol. The number of carbonyl (C=O) groups excluding carboxylic acids is 2. The maximum Gasteiger partial charge on any atom is 0.253 e. The van der Waals surface area contributed by atoms with Crippen LogP contribution in [0, 0.1) is 5.82 Å². The van der Waals surface area contributed by atoms with Crippen LogP contribution in [0.4, 0.5) is 10.2 Å². The van der Waals surface area contributed by atoms with Crippen LogP contribution in [0.1, 0.15) is 26.3 Å². The molecule has 6 nitrogen and oxygen atoms in total. The van der Waals surface area contributed by atoms with Gasteiger partial charge >= 0.3 is 0 Å². The number of halogens is 1. The lowest BCUT2D eigenvalue weighted by molar-refractivity contribution is 0.0746. The molecule has 1 aliphatic rings. The number of rotatable bonds is 5. The number of benzene rings is 2. The van der Waals surface area contributed by atoms with E-state index in [1.807, 2.05) is 64.0 Å². The molecule has 0 bridgehead atoms. The molecule has 7 heteroatoms. The topological polar surface area (TPSA) is 57.1 Å². The highest BCUT2D eigenvalue weighted by Gasteiger charge is 2.23. The summed E-state index contributed by atoms with van der Waals surface area (Å²) >= 11 is 0. The lowest BCUT2D eigenvalue weighted by Gasteiger charge is -2.36. The normalized spacial score (nSPS) is 13.8. The Balaban J connectivity index is 1.27. The molecule has 2 aromatic carbocycles. The number of amides is 2. The van der Waals surface area contributed by atoms with Crippen LogP contribution in [0.15, 0.2) is 85.1 Å². The van der Waals surface area contributed by atoms with Crippen molar-refractivity contribution >= 4 is 23.1 Å². The summed E-state index contributed by atoms with van der Waals surface area (Å²) in [7, 11) is 0. The minimum absolute atomic E-state index is 0.0533. The largest absolute Gasteiger partial charge is 0.354 e. The molecule has 3 heterocycles. The first-order chi connectivity index (χ1) is 16.6. The van der Waals surface area contributed by atoms with Gasteiger partial charge in [0.1, 0.15) is 11.6 Å². The molecule has 2 aromatic heterocycles. The van der Waals surface area contributed by atoms with Crippen molar-refractivity contribution in [1.29, 1.82) is 0 Å². The summed E-state index contributed by atoms with van der Waals surface area (Å²) in [6.07, 6.45) is 1.83. The quantitative estimate of drug-likeness (QED) is 0.495. The third-order valence-electron chi connectivity index (χ3n) is 6.15. The van der Waals surface area contributed by atoms with E-state index in [9.17, 15) is 14.0 Å². The number of nitrogens with zero attached hydrogens (tertiary/aromatic N) is 3. The van der Waals surface area contributed by atoms with Crippen LogP contribution in [0.5, 0.6) is 0 Å². The molecule has 4 aromatic rings. The molecule has 0 unspecified atom stereocenters. The fourth-order valence-electron chi connectivity index (χ4n) is 4.31. The molecule has 1 saturated heterocycles. The monoisotopic (exact) mass is 456 g/mol. The zero-order valence-corrected chi connectivity index (χ0v) is 18.7. The van der Waals surface area contributed by atoms with E-state index in [1.54, 1.807) is 18.2 Å². The first kappa shape index (κ1) is 21.7. The standard InChI is InChI=1S/C27H25FN4O2/c28-23-8-4-5-20(17-23)18-29-26(33)22-9-10-24-11-12-25(32(24)19-22)30-13-15-31(16-14-30)27(34)21-6-2-1-3-7-21/h1-12,17,19H,13-16,18H2,(H,29,33). The Morgan fingerprint density at radius 1 is 0.824 bits per heavy atom. The summed E-state index contributed by atoms with van der Waals surface area (Å²) in [6.45, 7) is 2.94. The summed E-state index contributed by atoms with van der Waals surface area (Å²) in [6, 6.07) is 23.3. The second-order valence-electron chi connectivity index (χ2n) is 8.36. The fourth-order valence-corrected chi connectivity index (χ4v) is 4.31. The number of hydrogen-bond acceptors (Lipinski definition) is 3. The Hall–Kier alpha value is -4.13. The third-order valence-corrected chi connectivity index (χ3v) is 6.15. The predicted molar refractivity (Wildman–Crippen MR) is 130 cm³/mol. The Bertz CT molecular complexity index is 1330. The Labute approximate surface area is 197 Å². The molecule has 2 amide bonds. The number of carbonyl (C=O) groups is 2. The minimum Gasteiger partial charge on any atom is -0.354 e. The van der Waals surface area contributed by atoms with Gasteiger partial charge in [-0.05, 0) is 54.1 Å². The molecule has 0 atom stereocenters. The van der Waals surface area contributed by atoms with Gasteiger partial charge in [0.2, 0.25) is 0 Å². The number of piperazine rings is 1. The number of fused-ring (bicyclic) bond motifs is 1. The van der Waals surface area contributed by atoms with Crippen molar-refractivity contribution in [3.05, 3.63) is 108 Å². The van der Waals surface area contributed by atoms with Crippen LogP contribution < -0.4 is 10.2 Å². The van der Waals surface area contributed by atoms with Gasteiger partial charge in [-0.3, -0.25) is 9.59 Å². The molecule has 0 radical (unpaired) electrons. The highest BCUT2D eigenvalue weighted by Crippen LogP contribution is 2.22. The molecule has 0 spiro atoms. The Kier molecular flexibility index (Phi) is 5.99. The highest BCUT2D eigenvalue weighted by atomic mass is 19.1. The molecular formula is C27H25FN4O2. The second-order valence-corrected chi connectivity index (χ2v) is 8.36. The molecule has 1 N–H and O–H groups in total. The summed E-state index contributed by atoms with van der Waals surface area (Å²) in [5, 5.41) is 2.86. The van der Waals surface area contributed by atoms with E-state index in [0.29, 0.717) is 42.9 Å². The maximum atomic E-state index is 13.4. The number of pyridine rings is 1. The smallest absolute Gasteiger partial charge is 0.253 e. The van der Waals surface area contributed by atoms with E-state index in [0.717, 1.165) is 11.3 Å². The summed E-state index contributed by atoms with van der Waals surface area (Å²) in [4.78, 5) is 29.6. The van der Waals surface area contributed by atoms with Crippen molar-refractivity contribution in [3.8, 4) is 0 Å². The zero-order valence-electron chi connectivity index (χ0n) is 18.7. The van der Waals surface area contributed by atoms with Crippen LogP contribution >= 0.6 is 0 Å². The van der Waals surface area contributed by atoms with Crippen molar-refractivity contribution in [3.63, 3.8) is 0 Å². The van der Waals surface area contributed by atoms with Crippen LogP contribution in [0.25, 0.3) is 5.52 Å². The minimum atomic E-state index is -0.323. The average Bonchev–Trinajstić information content (AvgIpc) is 3.31. The SMILES string of the molecule is O=C(NCc1cccc(F)c1)c1ccc2ccc(N3CCN(C(=O)c4ccccc4)CC3)n2c1. The van der Waals surface area contributed by atoms with E-state index >= 15 is 0 Å². The molecule has 0 saturated carbocycles. The van der Waals surface area contributed by atoms with Gasteiger partial charge in [0, 0.05) is 50.0 Å². The summed E-state index contributed by atoms with van der Waals surface area (Å²) < 4.78 is 15.4. The van der Waals surface area contributed by atoms with Gasteiger partial charge in [0.15, 0.2) is 0 Å². The molecule has 1 aliphatic heterocycles. The van der Waals surface area contributed by atoms with Crippen molar-refractivity contribution in [2.45, 2.75) is 6.54 Å². The van der Waals surface area contributed by atoms with E-state index in [-0.39, 0.29) is 24.2 Å². The van der Waals surface area contributed by atoms with Gasteiger partial charge in [0.05, 0.1) is 5.56 Å². The molecule has 0 aliphatic carbocycles. The third kappa shape index (κ3) is 4.50. The van der Waals surface area contributed by atoms with Gasteiger partial charge in [-0.25, -0.2) is 4.39 Å². The lowest BCUT2D eigenvalue weighted by atomic mass is 10.2. The van der Waals surface area contributed by atoms with Crippen molar-refractivity contribution < 1.29 is 14.0 Å². The van der Waals surface area contributed by atoms with Gasteiger partial charge in [-0.15, -0.1) is 0 Å². The van der Waals surface area contributed by atoms with Gasteiger partial charge in [-0.2, -0.15) is 0 Å². The van der Waals surface area contributed by atoms with E-state index in [1.165, 1.54) is 12.1 Å². The summed E-state index contributed by atoms with van der Waals surface area (Å²) in [5.74, 6) is 0.499. The van der Waals surface area contributed by atoms with Crippen molar-refractivity contribution in [1.82, 2.24) is 14.6 Å². The van der Waals surface area contributed by atoms with Crippen LogP contribution in [-0.2, 0) is 6.54 Å². The number of hydrogen-bond donors (Lipinski definition) is 1. The van der Waals surface area contributed by atoms with E-state index < -0.39 is 0 Å². The van der Waals surface area contributed by atoms with Crippen LogP contribution in [0.3, 0.4) is 0 Å². The van der Waals surface area contributed by atoms with Crippen LogP contribution in [-0.4, -0.2) is 47.3 Å². The first-order valence-corrected chi connectivity index (χ1v) is 11.3. The molecule has 1 fully saturated rings. The zero-order chi connectivity index (χ0) is 23.5. The van der Waals surface area contributed by atoms with E-state index in [2.05, 4.69) is 10.2 Å².